The number of rotatable bonds is 5. The van der Waals surface area contributed by atoms with Crippen LogP contribution in [0, 0.1) is 9.49 Å². The molecule has 0 spiro atoms. The standard InChI is InChI=1S/C15H21IN2O2/c16-12-5-7-13(8-6-12)20-10-15(19)18-14-4-2-1-3-11(14)9-17/h5-8,11,14H,1-4,9-10,17H2,(H,18,19). The molecule has 1 aliphatic rings. The van der Waals surface area contributed by atoms with Crippen molar-refractivity contribution in [2.24, 2.45) is 11.7 Å². The molecule has 0 saturated heterocycles. The van der Waals surface area contributed by atoms with Gasteiger partial charge in [-0.15, -0.1) is 0 Å². The summed E-state index contributed by atoms with van der Waals surface area (Å²) in [5, 5.41) is 3.06. The van der Waals surface area contributed by atoms with Crippen LogP contribution in [0.2, 0.25) is 0 Å². The van der Waals surface area contributed by atoms with Gasteiger partial charge in [0.25, 0.3) is 5.91 Å². The van der Waals surface area contributed by atoms with Crippen molar-refractivity contribution in [3.8, 4) is 5.75 Å². The molecule has 1 saturated carbocycles. The van der Waals surface area contributed by atoms with Crippen LogP contribution in [-0.4, -0.2) is 25.1 Å². The molecule has 110 valence electrons. The number of ether oxygens (including phenoxy) is 1. The van der Waals surface area contributed by atoms with Gasteiger partial charge in [-0.2, -0.15) is 0 Å². The van der Waals surface area contributed by atoms with Crippen LogP contribution in [0.25, 0.3) is 0 Å². The third-order valence-electron chi connectivity index (χ3n) is 3.74. The van der Waals surface area contributed by atoms with E-state index in [0.717, 1.165) is 22.2 Å². The molecule has 1 aliphatic carbocycles. The monoisotopic (exact) mass is 388 g/mol. The highest BCUT2D eigenvalue weighted by Crippen LogP contribution is 2.23. The second-order valence-corrected chi connectivity index (χ2v) is 6.44. The Bertz CT molecular complexity index is 436. The van der Waals surface area contributed by atoms with Crippen molar-refractivity contribution in [2.45, 2.75) is 31.7 Å². The predicted molar refractivity (Wildman–Crippen MR) is 87.6 cm³/mol. The van der Waals surface area contributed by atoms with Gasteiger partial charge < -0.3 is 15.8 Å². The quantitative estimate of drug-likeness (QED) is 0.761. The minimum Gasteiger partial charge on any atom is -0.484 e. The summed E-state index contributed by atoms with van der Waals surface area (Å²) in [5.74, 6) is 1.07. The Labute approximate surface area is 133 Å². The van der Waals surface area contributed by atoms with Crippen LogP contribution in [0.3, 0.4) is 0 Å². The highest BCUT2D eigenvalue weighted by molar-refractivity contribution is 14.1. The zero-order valence-corrected chi connectivity index (χ0v) is 13.6. The molecular weight excluding hydrogens is 367 g/mol. The summed E-state index contributed by atoms with van der Waals surface area (Å²) < 4.78 is 6.63. The van der Waals surface area contributed by atoms with Gasteiger partial charge >= 0.3 is 0 Å². The summed E-state index contributed by atoms with van der Waals surface area (Å²) in [6, 6.07) is 7.87. The second kappa shape index (κ2) is 7.83. The molecule has 2 atom stereocenters. The summed E-state index contributed by atoms with van der Waals surface area (Å²) in [6.07, 6.45) is 4.52. The Morgan fingerprint density at radius 1 is 1.30 bits per heavy atom. The molecular formula is C15H21IN2O2. The van der Waals surface area contributed by atoms with E-state index in [0.29, 0.717) is 12.5 Å². The first-order chi connectivity index (χ1) is 9.69. The maximum atomic E-state index is 11.9. The van der Waals surface area contributed by atoms with E-state index in [4.69, 9.17) is 10.5 Å². The molecule has 3 N–H and O–H groups in total. The van der Waals surface area contributed by atoms with E-state index in [9.17, 15) is 4.79 Å². The average molecular weight is 388 g/mol. The number of carbonyl (C=O) groups excluding carboxylic acids is 1. The normalized spacial score (nSPS) is 22.3. The maximum absolute atomic E-state index is 11.9. The lowest BCUT2D eigenvalue weighted by Crippen LogP contribution is -2.46. The Morgan fingerprint density at radius 3 is 2.70 bits per heavy atom. The van der Waals surface area contributed by atoms with Gasteiger partial charge in [0.2, 0.25) is 0 Å². The van der Waals surface area contributed by atoms with E-state index in [-0.39, 0.29) is 18.6 Å². The Balaban J connectivity index is 1.78. The van der Waals surface area contributed by atoms with Crippen LogP contribution >= 0.6 is 22.6 Å². The zero-order valence-electron chi connectivity index (χ0n) is 11.5. The fourth-order valence-corrected chi connectivity index (χ4v) is 2.97. The second-order valence-electron chi connectivity index (χ2n) is 5.20. The fourth-order valence-electron chi connectivity index (χ4n) is 2.61. The number of hydrogen-bond acceptors (Lipinski definition) is 3. The van der Waals surface area contributed by atoms with E-state index in [2.05, 4.69) is 27.9 Å². The highest BCUT2D eigenvalue weighted by Gasteiger charge is 2.25. The molecule has 0 aliphatic heterocycles. The van der Waals surface area contributed by atoms with Crippen molar-refractivity contribution in [3.05, 3.63) is 27.8 Å². The number of nitrogens with two attached hydrogens (primary N) is 1. The van der Waals surface area contributed by atoms with Crippen LogP contribution in [-0.2, 0) is 4.79 Å². The lowest BCUT2D eigenvalue weighted by molar-refractivity contribution is -0.124. The summed E-state index contributed by atoms with van der Waals surface area (Å²) in [6.45, 7) is 0.706. The number of halogens is 1. The molecule has 2 rings (SSSR count). The molecule has 20 heavy (non-hydrogen) atoms. The third kappa shape index (κ3) is 4.63. The molecule has 4 nitrogen and oxygen atoms in total. The number of amides is 1. The van der Waals surface area contributed by atoms with E-state index in [1.807, 2.05) is 24.3 Å². The number of hydrogen-bond donors (Lipinski definition) is 2. The minimum absolute atomic E-state index is 0.0612. The van der Waals surface area contributed by atoms with Crippen molar-refractivity contribution >= 4 is 28.5 Å². The number of nitrogens with one attached hydrogen (secondary N) is 1. The lowest BCUT2D eigenvalue weighted by atomic mass is 9.84. The Morgan fingerprint density at radius 2 is 2.00 bits per heavy atom. The topological polar surface area (TPSA) is 64.3 Å². The molecule has 0 radical (unpaired) electrons. The van der Waals surface area contributed by atoms with Gasteiger partial charge in [-0.05, 0) is 72.2 Å². The first-order valence-corrected chi connectivity index (χ1v) is 8.14. The molecule has 1 amide bonds. The average Bonchev–Trinajstić information content (AvgIpc) is 2.47. The highest BCUT2D eigenvalue weighted by atomic mass is 127. The molecule has 0 aromatic heterocycles. The summed E-state index contributed by atoms with van der Waals surface area (Å²) in [7, 11) is 0. The predicted octanol–water partition coefficient (Wildman–Crippen LogP) is 2.30. The maximum Gasteiger partial charge on any atom is 0.258 e. The van der Waals surface area contributed by atoms with Gasteiger partial charge in [-0.3, -0.25) is 4.79 Å². The molecule has 1 fully saturated rings. The van der Waals surface area contributed by atoms with Crippen LogP contribution in [0.5, 0.6) is 5.75 Å². The van der Waals surface area contributed by atoms with Gasteiger partial charge in [0, 0.05) is 9.61 Å². The summed E-state index contributed by atoms with van der Waals surface area (Å²) >= 11 is 2.23. The number of benzene rings is 1. The van der Waals surface area contributed by atoms with Crippen LogP contribution < -0.4 is 15.8 Å². The van der Waals surface area contributed by atoms with E-state index < -0.39 is 0 Å². The molecule has 0 heterocycles. The van der Waals surface area contributed by atoms with Crippen molar-refractivity contribution in [1.29, 1.82) is 0 Å². The van der Waals surface area contributed by atoms with Crippen molar-refractivity contribution in [2.75, 3.05) is 13.2 Å². The van der Waals surface area contributed by atoms with Crippen LogP contribution in [0.1, 0.15) is 25.7 Å². The summed E-state index contributed by atoms with van der Waals surface area (Å²) in [4.78, 5) is 11.9. The van der Waals surface area contributed by atoms with E-state index in [1.54, 1.807) is 0 Å². The largest absolute Gasteiger partial charge is 0.484 e. The Hall–Kier alpha value is -0.820. The third-order valence-corrected chi connectivity index (χ3v) is 4.46. The first-order valence-electron chi connectivity index (χ1n) is 7.07. The molecule has 2 unspecified atom stereocenters. The van der Waals surface area contributed by atoms with E-state index >= 15 is 0 Å². The van der Waals surface area contributed by atoms with Crippen LogP contribution in [0.15, 0.2) is 24.3 Å². The van der Waals surface area contributed by atoms with Crippen LogP contribution in [0.4, 0.5) is 0 Å². The fraction of sp³-hybridized carbons (Fsp3) is 0.533. The first kappa shape index (κ1) is 15.6. The van der Waals surface area contributed by atoms with Crippen molar-refractivity contribution in [3.63, 3.8) is 0 Å². The van der Waals surface area contributed by atoms with Gasteiger partial charge in [0.15, 0.2) is 6.61 Å². The Kier molecular flexibility index (Phi) is 6.09. The zero-order chi connectivity index (χ0) is 14.4. The van der Waals surface area contributed by atoms with Gasteiger partial charge in [0.1, 0.15) is 5.75 Å². The minimum atomic E-state index is -0.0612. The lowest BCUT2D eigenvalue weighted by Gasteiger charge is -2.31. The van der Waals surface area contributed by atoms with Gasteiger partial charge in [0.05, 0.1) is 0 Å². The molecule has 1 aromatic carbocycles. The van der Waals surface area contributed by atoms with Gasteiger partial charge in [-0.1, -0.05) is 12.8 Å². The molecule has 5 heteroatoms. The summed E-state index contributed by atoms with van der Waals surface area (Å²) in [5.41, 5.74) is 5.77. The smallest absolute Gasteiger partial charge is 0.258 e. The van der Waals surface area contributed by atoms with Crippen molar-refractivity contribution in [1.82, 2.24) is 5.32 Å². The SMILES string of the molecule is NCC1CCCCC1NC(=O)COc1ccc(I)cc1. The van der Waals surface area contributed by atoms with Crippen molar-refractivity contribution < 1.29 is 9.53 Å². The molecule has 0 bridgehead atoms. The number of carbonyl (C=O) groups is 1. The molecule has 1 aromatic rings. The van der Waals surface area contributed by atoms with E-state index in [1.165, 1.54) is 12.8 Å². The van der Waals surface area contributed by atoms with Gasteiger partial charge in [-0.25, -0.2) is 0 Å².